The molecule has 0 saturated carbocycles. The third-order valence-corrected chi connectivity index (χ3v) is 7.67. The van der Waals surface area contributed by atoms with Crippen molar-refractivity contribution in [2.75, 3.05) is 29.5 Å². The first-order valence-electron chi connectivity index (χ1n) is 10.4. The van der Waals surface area contributed by atoms with Crippen LogP contribution in [0.5, 0.6) is 0 Å². The van der Waals surface area contributed by atoms with E-state index < -0.39 is 15.6 Å². The average Bonchev–Trinajstić information content (AvgIpc) is 2.71. The van der Waals surface area contributed by atoms with E-state index in [1.165, 1.54) is 17.8 Å². The molecular formula is C23H31N3O3S2. The highest BCUT2D eigenvalue weighted by Gasteiger charge is 2.23. The molecule has 8 heteroatoms. The molecule has 1 amide bonds. The number of carbonyl (C=O) groups excluding carboxylic acids is 1. The van der Waals surface area contributed by atoms with Gasteiger partial charge in [-0.25, -0.2) is 13.1 Å². The summed E-state index contributed by atoms with van der Waals surface area (Å²) in [5.74, 6) is 2.01. The minimum absolute atomic E-state index is 0.0854. The van der Waals surface area contributed by atoms with Gasteiger partial charge >= 0.3 is 0 Å². The summed E-state index contributed by atoms with van der Waals surface area (Å²) < 4.78 is 27.9. The fourth-order valence-corrected chi connectivity index (χ4v) is 5.75. The lowest BCUT2D eigenvalue weighted by Crippen LogP contribution is -2.40. The van der Waals surface area contributed by atoms with Crippen LogP contribution in [0.4, 0.5) is 5.69 Å². The maximum atomic E-state index is 12.8. The number of hydrogen-bond acceptors (Lipinski definition) is 5. The van der Waals surface area contributed by atoms with E-state index in [2.05, 4.69) is 27.1 Å². The molecule has 1 saturated heterocycles. The van der Waals surface area contributed by atoms with Gasteiger partial charge in [0.25, 0.3) is 5.91 Å². The van der Waals surface area contributed by atoms with Gasteiger partial charge in [-0.15, -0.1) is 0 Å². The third kappa shape index (κ3) is 6.48. The number of benzene rings is 2. The van der Waals surface area contributed by atoms with Crippen molar-refractivity contribution in [3.8, 4) is 0 Å². The van der Waals surface area contributed by atoms with E-state index in [1.807, 2.05) is 23.9 Å². The molecule has 0 unspecified atom stereocenters. The molecule has 0 aliphatic carbocycles. The lowest BCUT2D eigenvalue weighted by molar-refractivity contribution is 0.0950. The highest BCUT2D eigenvalue weighted by molar-refractivity contribution is 7.99. The second-order valence-corrected chi connectivity index (χ2v) is 11.7. The van der Waals surface area contributed by atoms with Crippen LogP contribution in [-0.2, 0) is 16.6 Å². The van der Waals surface area contributed by atoms with Crippen LogP contribution in [0.1, 0.15) is 42.3 Å². The number of thioether (sulfide) groups is 1. The largest absolute Gasteiger partial charge is 0.370 e. The van der Waals surface area contributed by atoms with Gasteiger partial charge in [0.15, 0.2) is 0 Å². The van der Waals surface area contributed by atoms with Gasteiger partial charge in [0, 0.05) is 47.9 Å². The Morgan fingerprint density at radius 2 is 1.71 bits per heavy atom. The molecule has 1 aliphatic heterocycles. The highest BCUT2D eigenvalue weighted by Crippen LogP contribution is 2.21. The molecule has 2 aromatic rings. The van der Waals surface area contributed by atoms with E-state index in [1.54, 1.807) is 33.8 Å². The van der Waals surface area contributed by atoms with Crippen molar-refractivity contribution in [2.24, 2.45) is 0 Å². The van der Waals surface area contributed by atoms with Crippen LogP contribution >= 0.6 is 11.8 Å². The Hall–Kier alpha value is -2.03. The van der Waals surface area contributed by atoms with Crippen LogP contribution in [0.3, 0.4) is 0 Å². The Kier molecular flexibility index (Phi) is 7.34. The van der Waals surface area contributed by atoms with Crippen molar-refractivity contribution in [3.63, 3.8) is 0 Å². The number of carbonyl (C=O) groups is 1. The van der Waals surface area contributed by atoms with Gasteiger partial charge in [0.2, 0.25) is 10.0 Å². The first-order chi connectivity index (χ1) is 14.5. The molecule has 1 heterocycles. The molecule has 2 aromatic carbocycles. The Labute approximate surface area is 189 Å². The zero-order valence-electron chi connectivity index (χ0n) is 18.6. The number of rotatable bonds is 6. The van der Waals surface area contributed by atoms with Gasteiger partial charge in [-0.2, -0.15) is 11.8 Å². The van der Waals surface area contributed by atoms with E-state index >= 15 is 0 Å². The summed E-state index contributed by atoms with van der Waals surface area (Å²) >= 11 is 1.98. The summed E-state index contributed by atoms with van der Waals surface area (Å²) in [6.07, 6.45) is 0. The Morgan fingerprint density at radius 1 is 1.06 bits per heavy atom. The minimum atomic E-state index is -3.71. The van der Waals surface area contributed by atoms with E-state index in [-0.39, 0.29) is 10.8 Å². The molecule has 0 bridgehead atoms. The first kappa shape index (κ1) is 23.6. The van der Waals surface area contributed by atoms with Crippen molar-refractivity contribution >= 4 is 33.4 Å². The predicted molar refractivity (Wildman–Crippen MR) is 128 cm³/mol. The van der Waals surface area contributed by atoms with Crippen LogP contribution in [0.25, 0.3) is 0 Å². The van der Waals surface area contributed by atoms with E-state index in [0.29, 0.717) is 12.1 Å². The van der Waals surface area contributed by atoms with Crippen LogP contribution in [0.15, 0.2) is 47.4 Å². The fourth-order valence-electron chi connectivity index (χ4n) is 3.40. The number of aryl methyl sites for hydroxylation is 1. The van der Waals surface area contributed by atoms with Gasteiger partial charge in [0.05, 0.1) is 4.90 Å². The summed E-state index contributed by atoms with van der Waals surface area (Å²) in [5, 5.41) is 2.91. The Balaban J connectivity index is 1.67. The quantitative estimate of drug-likeness (QED) is 0.688. The predicted octanol–water partition coefficient (Wildman–Crippen LogP) is 3.56. The molecule has 0 radical (unpaired) electrons. The second kappa shape index (κ2) is 9.63. The van der Waals surface area contributed by atoms with Crippen molar-refractivity contribution < 1.29 is 13.2 Å². The van der Waals surface area contributed by atoms with Gasteiger partial charge in [-0.05, 0) is 63.1 Å². The zero-order chi connectivity index (χ0) is 22.6. The molecular weight excluding hydrogens is 430 g/mol. The monoisotopic (exact) mass is 461 g/mol. The standard InChI is InChI=1S/C23H31N3O3S2/c1-17-5-10-20(31(28,29)25-23(2,3)4)15-21(17)22(27)24-16-18-6-8-19(9-7-18)26-11-13-30-14-12-26/h5-10,15,25H,11-14,16H2,1-4H3,(H,24,27). The lowest BCUT2D eigenvalue weighted by atomic mass is 10.1. The minimum Gasteiger partial charge on any atom is -0.370 e. The summed E-state index contributed by atoms with van der Waals surface area (Å²) in [5.41, 5.74) is 2.69. The second-order valence-electron chi connectivity index (χ2n) is 8.78. The number of nitrogens with zero attached hydrogens (tertiary/aromatic N) is 1. The maximum absolute atomic E-state index is 12.8. The lowest BCUT2D eigenvalue weighted by Gasteiger charge is -2.28. The van der Waals surface area contributed by atoms with Crippen molar-refractivity contribution in [3.05, 3.63) is 59.2 Å². The van der Waals surface area contributed by atoms with E-state index in [0.717, 1.165) is 35.7 Å². The molecule has 0 atom stereocenters. The molecule has 168 valence electrons. The van der Waals surface area contributed by atoms with Crippen molar-refractivity contribution in [2.45, 2.75) is 44.7 Å². The van der Waals surface area contributed by atoms with Gasteiger partial charge < -0.3 is 10.2 Å². The van der Waals surface area contributed by atoms with Crippen molar-refractivity contribution in [1.82, 2.24) is 10.0 Å². The molecule has 2 N–H and O–H groups in total. The SMILES string of the molecule is Cc1ccc(S(=O)(=O)NC(C)(C)C)cc1C(=O)NCc1ccc(N2CCSCC2)cc1. The normalized spacial score (nSPS) is 15.0. The highest BCUT2D eigenvalue weighted by atomic mass is 32.2. The summed E-state index contributed by atoms with van der Waals surface area (Å²) in [7, 11) is -3.71. The number of hydrogen-bond donors (Lipinski definition) is 2. The topological polar surface area (TPSA) is 78.5 Å². The summed E-state index contributed by atoms with van der Waals surface area (Å²) in [6, 6.07) is 12.9. The molecule has 0 aromatic heterocycles. The van der Waals surface area contributed by atoms with Crippen LogP contribution in [0, 0.1) is 6.92 Å². The fraction of sp³-hybridized carbons (Fsp3) is 0.435. The van der Waals surface area contributed by atoms with E-state index in [9.17, 15) is 13.2 Å². The molecule has 31 heavy (non-hydrogen) atoms. The Morgan fingerprint density at radius 3 is 2.32 bits per heavy atom. The molecule has 6 nitrogen and oxygen atoms in total. The van der Waals surface area contributed by atoms with Crippen LogP contribution < -0.4 is 14.9 Å². The number of nitrogens with one attached hydrogen (secondary N) is 2. The van der Waals surface area contributed by atoms with Crippen LogP contribution in [-0.4, -0.2) is 44.5 Å². The van der Waals surface area contributed by atoms with Gasteiger partial charge in [-0.3, -0.25) is 4.79 Å². The maximum Gasteiger partial charge on any atom is 0.251 e. The van der Waals surface area contributed by atoms with Gasteiger partial charge in [-0.1, -0.05) is 18.2 Å². The molecule has 3 rings (SSSR count). The number of sulfonamides is 1. The summed E-state index contributed by atoms with van der Waals surface area (Å²) in [4.78, 5) is 15.2. The number of amides is 1. The van der Waals surface area contributed by atoms with Crippen molar-refractivity contribution in [1.29, 1.82) is 0 Å². The average molecular weight is 462 g/mol. The molecule has 0 spiro atoms. The summed E-state index contributed by atoms with van der Waals surface area (Å²) in [6.45, 7) is 9.64. The molecule has 1 aliphatic rings. The zero-order valence-corrected chi connectivity index (χ0v) is 20.2. The third-order valence-electron chi connectivity index (χ3n) is 4.97. The van der Waals surface area contributed by atoms with E-state index in [4.69, 9.17) is 0 Å². The van der Waals surface area contributed by atoms with Gasteiger partial charge in [0.1, 0.15) is 0 Å². The number of anilines is 1. The Bertz CT molecular complexity index is 1020. The smallest absolute Gasteiger partial charge is 0.251 e. The van der Waals surface area contributed by atoms with Crippen LogP contribution in [0.2, 0.25) is 0 Å². The molecule has 1 fully saturated rings. The first-order valence-corrected chi connectivity index (χ1v) is 13.0.